The van der Waals surface area contributed by atoms with Crippen LogP contribution in [0.15, 0.2) is 24.7 Å². The van der Waals surface area contributed by atoms with Crippen LogP contribution in [-0.4, -0.2) is 74.4 Å². The van der Waals surface area contributed by atoms with E-state index in [-0.39, 0.29) is 54.5 Å². The van der Waals surface area contributed by atoms with Gasteiger partial charge in [0.1, 0.15) is 23.3 Å². The molecule has 2 aromatic rings. The van der Waals surface area contributed by atoms with E-state index in [1.165, 1.54) is 35.1 Å². The Hall–Kier alpha value is -3.31. The molecule has 1 atom stereocenters. The zero-order chi connectivity index (χ0) is 26.9. The summed E-state index contributed by atoms with van der Waals surface area (Å²) >= 11 is 1.35. The molecule has 0 fully saturated rings. The molecule has 0 bridgehead atoms. The molecule has 1 unspecified atom stereocenters. The summed E-state index contributed by atoms with van der Waals surface area (Å²) in [7, 11) is 0. The predicted octanol–water partition coefficient (Wildman–Crippen LogP) is 3.88. The number of halogens is 3. The lowest BCUT2D eigenvalue weighted by Gasteiger charge is -2.29. The third kappa shape index (κ3) is 9.04. The van der Waals surface area contributed by atoms with Crippen molar-refractivity contribution >= 4 is 35.2 Å². The minimum absolute atomic E-state index is 0.0225. The quantitative estimate of drug-likeness (QED) is 0.418. The molecule has 2 aromatic heterocycles. The molecule has 14 heteroatoms. The summed E-state index contributed by atoms with van der Waals surface area (Å²) in [5.41, 5.74) is -1.82. The first-order valence-corrected chi connectivity index (χ1v) is 12.1. The average molecular weight is 528 g/mol. The summed E-state index contributed by atoms with van der Waals surface area (Å²) in [6.45, 7) is 5.10. The van der Waals surface area contributed by atoms with Crippen molar-refractivity contribution in [1.29, 1.82) is 5.26 Å². The fraction of sp³-hybridized carbons (Fsp3) is 0.500. The molecule has 2 rings (SSSR count). The minimum Gasteiger partial charge on any atom is -0.444 e. The lowest BCUT2D eigenvalue weighted by atomic mass is 10.2. The van der Waals surface area contributed by atoms with E-state index < -0.39 is 23.4 Å². The van der Waals surface area contributed by atoms with Gasteiger partial charge in [-0.05, 0) is 27.0 Å². The summed E-state index contributed by atoms with van der Waals surface area (Å²) in [5, 5.41) is 23.4. The molecule has 10 nitrogen and oxygen atoms in total. The number of ether oxygens (including phenoxy) is 1. The number of carbonyl (C=O) groups is 1. The highest BCUT2D eigenvalue weighted by Crippen LogP contribution is 2.36. The van der Waals surface area contributed by atoms with Gasteiger partial charge in [-0.15, -0.1) is 0 Å². The highest BCUT2D eigenvalue weighted by Gasteiger charge is 2.34. The molecular formula is C22H28F3N7O3S. The fourth-order valence-corrected chi connectivity index (χ4v) is 3.45. The van der Waals surface area contributed by atoms with Crippen LogP contribution in [0.2, 0.25) is 0 Å². The van der Waals surface area contributed by atoms with Crippen LogP contribution < -0.4 is 10.6 Å². The molecule has 0 radical (unpaired) electrons. The second kappa shape index (κ2) is 12.6. The van der Waals surface area contributed by atoms with E-state index in [1.54, 1.807) is 27.0 Å². The Morgan fingerprint density at radius 1 is 1.22 bits per heavy atom. The van der Waals surface area contributed by atoms with Crippen LogP contribution >= 0.6 is 11.8 Å². The molecule has 0 aromatic carbocycles. The van der Waals surface area contributed by atoms with Gasteiger partial charge in [0.2, 0.25) is 0 Å². The molecule has 3 N–H and O–H groups in total. The van der Waals surface area contributed by atoms with Crippen molar-refractivity contribution in [2.45, 2.75) is 37.8 Å². The number of hydrogen-bond donors (Lipinski definition) is 3. The number of alkyl halides is 3. The monoisotopic (exact) mass is 527 g/mol. The molecule has 196 valence electrons. The van der Waals surface area contributed by atoms with E-state index in [2.05, 4.69) is 25.6 Å². The normalized spacial score (nSPS) is 12.4. The Bertz CT molecular complexity index is 1060. The minimum atomic E-state index is -4.66. The van der Waals surface area contributed by atoms with Crippen LogP contribution in [0.5, 0.6) is 0 Å². The second-order valence-electron chi connectivity index (χ2n) is 8.53. The lowest BCUT2D eigenvalue weighted by molar-refractivity contribution is -0.137. The summed E-state index contributed by atoms with van der Waals surface area (Å²) < 4.78 is 46.2. The number of carbonyl (C=O) groups excluding carboxylic acids is 1. The maximum Gasteiger partial charge on any atom is 0.419 e. The third-order valence-electron chi connectivity index (χ3n) is 4.53. The molecule has 0 spiro atoms. The highest BCUT2D eigenvalue weighted by molar-refractivity contribution is 7.99. The van der Waals surface area contributed by atoms with Crippen molar-refractivity contribution in [1.82, 2.24) is 19.9 Å². The Labute approximate surface area is 211 Å². The molecule has 0 aliphatic heterocycles. The highest BCUT2D eigenvalue weighted by atomic mass is 32.2. The number of hydrogen-bond acceptors (Lipinski definition) is 10. The first-order chi connectivity index (χ1) is 16.9. The maximum absolute atomic E-state index is 13.6. The molecule has 1 amide bonds. The van der Waals surface area contributed by atoms with Gasteiger partial charge < -0.3 is 25.4 Å². The number of anilines is 3. The van der Waals surface area contributed by atoms with Crippen LogP contribution in [-0.2, 0) is 10.9 Å². The number of aliphatic hydroxyl groups is 1. The van der Waals surface area contributed by atoms with E-state index >= 15 is 0 Å². The van der Waals surface area contributed by atoms with Gasteiger partial charge in [-0.2, -0.15) is 30.2 Å². The van der Waals surface area contributed by atoms with Gasteiger partial charge in [0, 0.05) is 37.1 Å². The van der Waals surface area contributed by atoms with Gasteiger partial charge in [0.05, 0.1) is 30.3 Å². The predicted molar refractivity (Wildman–Crippen MR) is 130 cm³/mol. The standard InChI is InChI=1S/C22H28F3N7O3S/c1-21(2,3)35-20(34)32(5-6-33)13-15(36-4)10-28-17-7-18(30-11-16(17)22(23,24)25)31-19-12-27-14(8-26)9-29-19/h7,9,11-12,15,33H,5-6,10,13H2,1-4H3,(H2,28,29,30,31). The lowest BCUT2D eigenvalue weighted by Crippen LogP contribution is -2.43. The number of thioether (sulfide) groups is 1. The maximum atomic E-state index is 13.6. The Morgan fingerprint density at radius 3 is 2.44 bits per heavy atom. The SMILES string of the molecule is CSC(CNc1cc(Nc2cnc(C#N)cn2)ncc1C(F)(F)F)CN(CCO)C(=O)OC(C)(C)C. The Morgan fingerprint density at radius 2 is 1.92 bits per heavy atom. The number of nitrogens with zero attached hydrogens (tertiary/aromatic N) is 5. The first-order valence-electron chi connectivity index (χ1n) is 10.8. The summed E-state index contributed by atoms with van der Waals surface area (Å²) in [4.78, 5) is 25.4. The van der Waals surface area contributed by atoms with Gasteiger partial charge in [0.25, 0.3) is 0 Å². The number of nitrogens with one attached hydrogen (secondary N) is 2. The van der Waals surface area contributed by atoms with Crippen LogP contribution in [0.1, 0.15) is 32.0 Å². The summed E-state index contributed by atoms with van der Waals surface area (Å²) in [6.07, 6.45) is -0.318. The van der Waals surface area contributed by atoms with E-state index in [1.807, 2.05) is 6.07 Å². The van der Waals surface area contributed by atoms with Gasteiger partial charge >= 0.3 is 12.3 Å². The topological polar surface area (TPSA) is 136 Å². The fourth-order valence-electron chi connectivity index (χ4n) is 2.87. The van der Waals surface area contributed by atoms with Gasteiger partial charge in [0.15, 0.2) is 5.69 Å². The number of aromatic nitrogens is 3. The second-order valence-corrected chi connectivity index (χ2v) is 9.66. The van der Waals surface area contributed by atoms with Crippen molar-refractivity contribution in [3.05, 3.63) is 35.9 Å². The van der Waals surface area contributed by atoms with E-state index in [0.717, 1.165) is 0 Å². The van der Waals surface area contributed by atoms with Crippen molar-refractivity contribution in [3.63, 3.8) is 0 Å². The summed E-state index contributed by atoms with van der Waals surface area (Å²) in [5.74, 6) is 0.284. The van der Waals surface area contributed by atoms with E-state index in [4.69, 9.17) is 10.00 Å². The van der Waals surface area contributed by atoms with Crippen LogP contribution in [0.4, 0.5) is 35.3 Å². The van der Waals surface area contributed by atoms with Crippen LogP contribution in [0, 0.1) is 11.3 Å². The van der Waals surface area contributed by atoms with Crippen molar-refractivity contribution in [2.75, 3.05) is 43.1 Å². The molecule has 0 saturated heterocycles. The number of pyridine rings is 1. The van der Waals surface area contributed by atoms with Crippen molar-refractivity contribution in [3.8, 4) is 6.07 Å². The third-order valence-corrected chi connectivity index (χ3v) is 5.51. The van der Waals surface area contributed by atoms with Crippen molar-refractivity contribution < 1.29 is 27.8 Å². The molecule has 0 aliphatic carbocycles. The Kier molecular flexibility index (Phi) is 10.1. The summed E-state index contributed by atoms with van der Waals surface area (Å²) in [6, 6.07) is 3.02. The first kappa shape index (κ1) is 28.9. The largest absolute Gasteiger partial charge is 0.444 e. The Balaban J connectivity index is 2.19. The molecular weight excluding hydrogens is 499 g/mol. The number of aliphatic hydroxyl groups excluding tert-OH is 1. The average Bonchev–Trinajstić information content (AvgIpc) is 2.79. The van der Waals surface area contributed by atoms with Crippen molar-refractivity contribution in [2.24, 2.45) is 0 Å². The number of rotatable bonds is 10. The zero-order valence-corrected chi connectivity index (χ0v) is 21.1. The molecule has 0 aliphatic rings. The van der Waals surface area contributed by atoms with Crippen LogP contribution in [0.25, 0.3) is 0 Å². The number of nitriles is 1. The van der Waals surface area contributed by atoms with E-state index in [0.29, 0.717) is 6.20 Å². The zero-order valence-electron chi connectivity index (χ0n) is 20.3. The molecule has 36 heavy (non-hydrogen) atoms. The number of amides is 1. The van der Waals surface area contributed by atoms with Crippen LogP contribution in [0.3, 0.4) is 0 Å². The van der Waals surface area contributed by atoms with Gasteiger partial charge in [-0.1, -0.05) is 0 Å². The van der Waals surface area contributed by atoms with E-state index in [9.17, 15) is 23.1 Å². The molecule has 0 saturated carbocycles. The van der Waals surface area contributed by atoms with Gasteiger partial charge in [-0.3, -0.25) is 0 Å². The smallest absolute Gasteiger partial charge is 0.419 e. The van der Waals surface area contributed by atoms with Gasteiger partial charge in [-0.25, -0.2) is 19.7 Å². The molecule has 2 heterocycles.